The summed E-state index contributed by atoms with van der Waals surface area (Å²) in [5.41, 5.74) is 5.60. The van der Waals surface area contributed by atoms with Crippen molar-refractivity contribution >= 4 is 5.91 Å². The fourth-order valence-corrected chi connectivity index (χ4v) is 1.36. The second-order valence-electron chi connectivity index (χ2n) is 3.60. The van der Waals surface area contributed by atoms with Crippen molar-refractivity contribution in [1.82, 2.24) is 5.32 Å². The van der Waals surface area contributed by atoms with Gasteiger partial charge in [0.15, 0.2) is 0 Å². The van der Waals surface area contributed by atoms with Crippen LogP contribution >= 0.6 is 0 Å². The highest BCUT2D eigenvalue weighted by Gasteiger charge is 2.32. The topological polar surface area (TPSA) is 64.3 Å². The Morgan fingerprint density at radius 3 is 2.75 bits per heavy atom. The highest BCUT2D eigenvalue weighted by molar-refractivity contribution is 5.81. The number of ether oxygens (including phenoxy) is 1. The third kappa shape index (κ3) is 1.76. The summed E-state index contributed by atoms with van der Waals surface area (Å²) >= 11 is 0. The van der Waals surface area contributed by atoms with Crippen LogP contribution in [0, 0.1) is 0 Å². The van der Waals surface area contributed by atoms with Crippen molar-refractivity contribution in [3.8, 4) is 0 Å². The molecule has 0 radical (unpaired) electrons. The molecule has 1 heterocycles. The smallest absolute Gasteiger partial charge is 0.249 e. The molecule has 4 heteroatoms. The number of carbonyl (C=O) groups is 1. The molecule has 0 bridgehead atoms. The molecular weight excluding hydrogens is 156 g/mol. The molecule has 1 saturated carbocycles. The van der Waals surface area contributed by atoms with E-state index in [2.05, 4.69) is 5.32 Å². The normalized spacial score (nSPS) is 35.1. The van der Waals surface area contributed by atoms with Crippen LogP contribution < -0.4 is 11.1 Å². The summed E-state index contributed by atoms with van der Waals surface area (Å²) in [6.07, 6.45) is 2.61. The number of hydrogen-bond acceptors (Lipinski definition) is 3. The van der Waals surface area contributed by atoms with Crippen molar-refractivity contribution < 1.29 is 9.53 Å². The fourth-order valence-electron chi connectivity index (χ4n) is 1.36. The predicted molar refractivity (Wildman–Crippen MR) is 43.5 cm³/mol. The quantitative estimate of drug-likeness (QED) is 0.580. The van der Waals surface area contributed by atoms with Gasteiger partial charge in [-0.05, 0) is 19.3 Å². The van der Waals surface area contributed by atoms with Crippen molar-refractivity contribution in [2.24, 2.45) is 5.73 Å². The standard InChI is InChI=1S/C8H14N2O2/c9-5-3-7(12-4-5)8(11)10-6-1-2-6/h5-7H,1-4,9H2,(H,10,11). The molecule has 1 saturated heterocycles. The van der Waals surface area contributed by atoms with Gasteiger partial charge in [-0.25, -0.2) is 0 Å². The van der Waals surface area contributed by atoms with E-state index in [1.165, 1.54) is 0 Å². The lowest BCUT2D eigenvalue weighted by Crippen LogP contribution is -2.36. The Morgan fingerprint density at radius 2 is 2.25 bits per heavy atom. The Labute approximate surface area is 71.4 Å². The second kappa shape index (κ2) is 3.03. The Balaban J connectivity index is 1.79. The molecule has 2 unspecified atom stereocenters. The van der Waals surface area contributed by atoms with Crippen molar-refractivity contribution in [1.29, 1.82) is 0 Å². The minimum absolute atomic E-state index is 0.0189. The minimum Gasteiger partial charge on any atom is -0.367 e. The number of carbonyl (C=O) groups excluding carboxylic acids is 1. The van der Waals surface area contributed by atoms with E-state index in [0.29, 0.717) is 19.1 Å². The van der Waals surface area contributed by atoms with E-state index in [4.69, 9.17) is 10.5 Å². The molecule has 12 heavy (non-hydrogen) atoms. The predicted octanol–water partition coefficient (Wildman–Crippen LogP) is -0.619. The monoisotopic (exact) mass is 170 g/mol. The maximum atomic E-state index is 11.3. The number of amides is 1. The van der Waals surface area contributed by atoms with Crippen LogP contribution in [0.3, 0.4) is 0 Å². The minimum atomic E-state index is -0.291. The van der Waals surface area contributed by atoms with Gasteiger partial charge in [-0.2, -0.15) is 0 Å². The van der Waals surface area contributed by atoms with E-state index in [1.807, 2.05) is 0 Å². The lowest BCUT2D eigenvalue weighted by atomic mass is 10.2. The highest BCUT2D eigenvalue weighted by atomic mass is 16.5. The van der Waals surface area contributed by atoms with Gasteiger partial charge in [0.1, 0.15) is 6.10 Å². The SMILES string of the molecule is NC1COC(C(=O)NC2CC2)C1. The summed E-state index contributed by atoms with van der Waals surface area (Å²) in [6, 6.07) is 0.456. The van der Waals surface area contributed by atoms with E-state index >= 15 is 0 Å². The van der Waals surface area contributed by atoms with Crippen molar-refractivity contribution in [3.05, 3.63) is 0 Å². The second-order valence-corrected chi connectivity index (χ2v) is 3.60. The van der Waals surface area contributed by atoms with Crippen LogP contribution in [0.1, 0.15) is 19.3 Å². The van der Waals surface area contributed by atoms with Gasteiger partial charge in [0.25, 0.3) is 0 Å². The van der Waals surface area contributed by atoms with Crippen molar-refractivity contribution in [2.75, 3.05) is 6.61 Å². The van der Waals surface area contributed by atoms with E-state index in [-0.39, 0.29) is 18.1 Å². The summed E-state index contributed by atoms with van der Waals surface area (Å²) in [6.45, 7) is 0.517. The van der Waals surface area contributed by atoms with Crippen LogP contribution in [0.25, 0.3) is 0 Å². The molecule has 0 aromatic heterocycles. The van der Waals surface area contributed by atoms with Gasteiger partial charge in [-0.3, -0.25) is 4.79 Å². The van der Waals surface area contributed by atoms with Gasteiger partial charge in [0.05, 0.1) is 6.61 Å². The van der Waals surface area contributed by atoms with Crippen molar-refractivity contribution in [3.63, 3.8) is 0 Å². The zero-order valence-electron chi connectivity index (χ0n) is 6.95. The van der Waals surface area contributed by atoms with E-state index in [9.17, 15) is 4.79 Å². The van der Waals surface area contributed by atoms with Gasteiger partial charge in [0, 0.05) is 12.1 Å². The summed E-state index contributed by atoms with van der Waals surface area (Å²) in [5, 5.41) is 2.90. The van der Waals surface area contributed by atoms with Crippen LogP contribution in [0.4, 0.5) is 0 Å². The Hall–Kier alpha value is -0.610. The van der Waals surface area contributed by atoms with Gasteiger partial charge in [0.2, 0.25) is 5.91 Å². The zero-order valence-corrected chi connectivity index (χ0v) is 6.95. The van der Waals surface area contributed by atoms with Gasteiger partial charge < -0.3 is 15.8 Å². The number of nitrogens with one attached hydrogen (secondary N) is 1. The Bertz CT molecular complexity index is 191. The molecular formula is C8H14N2O2. The van der Waals surface area contributed by atoms with Gasteiger partial charge >= 0.3 is 0 Å². The van der Waals surface area contributed by atoms with Crippen LogP contribution in [0.15, 0.2) is 0 Å². The fraction of sp³-hybridized carbons (Fsp3) is 0.875. The number of hydrogen-bond donors (Lipinski definition) is 2. The van der Waals surface area contributed by atoms with Gasteiger partial charge in [-0.15, -0.1) is 0 Å². The average Bonchev–Trinajstić information content (AvgIpc) is 2.72. The molecule has 0 aromatic carbocycles. The van der Waals surface area contributed by atoms with Crippen molar-refractivity contribution in [2.45, 2.75) is 37.5 Å². The Kier molecular flexibility index (Phi) is 2.02. The van der Waals surface area contributed by atoms with Gasteiger partial charge in [-0.1, -0.05) is 0 Å². The highest BCUT2D eigenvalue weighted by Crippen LogP contribution is 2.20. The summed E-state index contributed by atoms with van der Waals surface area (Å²) < 4.78 is 5.22. The van der Waals surface area contributed by atoms with E-state index in [1.54, 1.807) is 0 Å². The van der Waals surface area contributed by atoms with Crippen LogP contribution in [0.2, 0.25) is 0 Å². The summed E-state index contributed by atoms with van der Waals surface area (Å²) in [5.74, 6) is 0.0189. The molecule has 3 N–H and O–H groups in total. The van der Waals surface area contributed by atoms with Crippen LogP contribution in [-0.2, 0) is 9.53 Å². The molecule has 0 spiro atoms. The molecule has 2 fully saturated rings. The van der Waals surface area contributed by atoms with Crippen LogP contribution in [0.5, 0.6) is 0 Å². The molecule has 1 aliphatic carbocycles. The lowest BCUT2D eigenvalue weighted by molar-refractivity contribution is -0.130. The lowest BCUT2D eigenvalue weighted by Gasteiger charge is -2.08. The Morgan fingerprint density at radius 1 is 1.50 bits per heavy atom. The molecule has 1 aliphatic heterocycles. The molecule has 0 aromatic rings. The molecule has 2 rings (SSSR count). The first-order valence-electron chi connectivity index (χ1n) is 4.43. The maximum Gasteiger partial charge on any atom is 0.249 e. The first kappa shape index (κ1) is 8.01. The van der Waals surface area contributed by atoms with Crippen LogP contribution in [-0.4, -0.2) is 30.7 Å². The zero-order chi connectivity index (χ0) is 8.55. The van der Waals surface area contributed by atoms with E-state index < -0.39 is 0 Å². The molecule has 1 amide bonds. The number of nitrogens with two attached hydrogens (primary N) is 1. The average molecular weight is 170 g/mol. The molecule has 4 nitrogen and oxygen atoms in total. The third-order valence-corrected chi connectivity index (χ3v) is 2.24. The first-order chi connectivity index (χ1) is 5.75. The maximum absolute atomic E-state index is 11.3. The molecule has 2 atom stereocenters. The number of rotatable bonds is 2. The largest absolute Gasteiger partial charge is 0.367 e. The summed E-state index contributed by atoms with van der Waals surface area (Å²) in [4.78, 5) is 11.3. The molecule has 68 valence electrons. The summed E-state index contributed by atoms with van der Waals surface area (Å²) in [7, 11) is 0. The molecule has 2 aliphatic rings. The first-order valence-corrected chi connectivity index (χ1v) is 4.43. The third-order valence-electron chi connectivity index (χ3n) is 2.24. The van der Waals surface area contributed by atoms with E-state index in [0.717, 1.165) is 12.8 Å².